The van der Waals surface area contributed by atoms with E-state index in [1.807, 2.05) is 48.9 Å². The van der Waals surface area contributed by atoms with Crippen LogP contribution in [0.25, 0.3) is 0 Å². The summed E-state index contributed by atoms with van der Waals surface area (Å²) in [5, 5.41) is 14.0. The average molecular weight is 272 g/mol. The Labute approximate surface area is 119 Å². The Hall–Kier alpha value is -2.10. The van der Waals surface area contributed by atoms with E-state index >= 15 is 0 Å². The number of carbonyl (C=O) groups is 1. The van der Waals surface area contributed by atoms with E-state index in [0.29, 0.717) is 6.54 Å². The van der Waals surface area contributed by atoms with Gasteiger partial charge in [-0.2, -0.15) is 5.10 Å². The number of aliphatic carboxylic acids is 1. The Morgan fingerprint density at radius 3 is 2.45 bits per heavy atom. The fraction of sp³-hybridized carbons (Fsp3) is 0.375. The molecule has 1 atom stereocenters. The fourth-order valence-corrected chi connectivity index (χ4v) is 2.61. The van der Waals surface area contributed by atoms with E-state index in [4.69, 9.17) is 0 Å². The van der Waals surface area contributed by atoms with Crippen molar-refractivity contribution in [3.8, 4) is 0 Å². The molecule has 0 amide bonds. The van der Waals surface area contributed by atoms with Crippen LogP contribution >= 0.6 is 0 Å². The monoisotopic (exact) mass is 272 g/mol. The number of aryl methyl sites for hydroxylation is 1. The summed E-state index contributed by atoms with van der Waals surface area (Å²) in [6.45, 7) is 6.43. The van der Waals surface area contributed by atoms with Crippen molar-refractivity contribution in [1.29, 1.82) is 0 Å². The highest BCUT2D eigenvalue weighted by Gasteiger charge is 2.22. The third-order valence-corrected chi connectivity index (χ3v) is 3.74. The van der Waals surface area contributed by atoms with Crippen molar-refractivity contribution >= 4 is 5.97 Å². The maximum absolute atomic E-state index is 11.5. The maximum atomic E-state index is 11.5. The Morgan fingerprint density at radius 1 is 1.30 bits per heavy atom. The molecule has 2 aromatic rings. The van der Waals surface area contributed by atoms with Gasteiger partial charge in [0.25, 0.3) is 0 Å². The van der Waals surface area contributed by atoms with Gasteiger partial charge >= 0.3 is 5.97 Å². The molecule has 0 aliphatic heterocycles. The first-order chi connectivity index (χ1) is 9.54. The molecule has 1 N–H and O–H groups in total. The number of hydrogen-bond acceptors (Lipinski definition) is 2. The smallest absolute Gasteiger partial charge is 0.312 e. The van der Waals surface area contributed by atoms with Crippen LogP contribution in [-0.4, -0.2) is 20.9 Å². The zero-order valence-corrected chi connectivity index (χ0v) is 12.1. The summed E-state index contributed by atoms with van der Waals surface area (Å²) in [5.41, 5.74) is 4.07. The summed E-state index contributed by atoms with van der Waals surface area (Å²) in [5.74, 6) is -1.39. The Kier molecular flexibility index (Phi) is 4.23. The molecule has 1 heterocycles. The summed E-state index contributed by atoms with van der Waals surface area (Å²) in [4.78, 5) is 11.5. The van der Waals surface area contributed by atoms with Gasteiger partial charge in [0.1, 0.15) is 5.92 Å². The molecule has 0 aliphatic carbocycles. The standard InChI is InChI=1S/C16H20N2O2/c1-4-14-11(2)17-18(12(14)3)10-15(16(19)20)13-8-6-5-7-9-13/h5-9,15H,4,10H2,1-3H3,(H,19,20). The van der Waals surface area contributed by atoms with Crippen LogP contribution < -0.4 is 0 Å². The van der Waals surface area contributed by atoms with E-state index in [2.05, 4.69) is 12.0 Å². The van der Waals surface area contributed by atoms with Crippen LogP contribution in [0.1, 0.15) is 35.4 Å². The van der Waals surface area contributed by atoms with Crippen LogP contribution in [-0.2, 0) is 17.8 Å². The van der Waals surface area contributed by atoms with Gasteiger partial charge < -0.3 is 5.11 Å². The highest BCUT2D eigenvalue weighted by atomic mass is 16.4. The number of benzene rings is 1. The third kappa shape index (κ3) is 2.74. The van der Waals surface area contributed by atoms with Gasteiger partial charge in [0, 0.05) is 5.69 Å². The molecule has 0 bridgehead atoms. The molecule has 106 valence electrons. The molecule has 0 spiro atoms. The quantitative estimate of drug-likeness (QED) is 0.910. The minimum Gasteiger partial charge on any atom is -0.481 e. The van der Waals surface area contributed by atoms with E-state index in [9.17, 15) is 9.90 Å². The molecule has 0 saturated carbocycles. The highest BCUT2D eigenvalue weighted by molar-refractivity contribution is 5.75. The lowest BCUT2D eigenvalue weighted by atomic mass is 9.99. The second-order valence-corrected chi connectivity index (χ2v) is 4.99. The Morgan fingerprint density at radius 2 is 1.95 bits per heavy atom. The van der Waals surface area contributed by atoms with Crippen LogP contribution in [0.5, 0.6) is 0 Å². The first-order valence-electron chi connectivity index (χ1n) is 6.85. The summed E-state index contributed by atoms with van der Waals surface area (Å²) >= 11 is 0. The predicted molar refractivity (Wildman–Crippen MR) is 77.9 cm³/mol. The second kappa shape index (κ2) is 5.90. The van der Waals surface area contributed by atoms with E-state index in [0.717, 1.165) is 23.4 Å². The van der Waals surface area contributed by atoms with Crippen molar-refractivity contribution in [2.45, 2.75) is 39.7 Å². The van der Waals surface area contributed by atoms with Crippen molar-refractivity contribution < 1.29 is 9.90 Å². The van der Waals surface area contributed by atoms with Gasteiger partial charge in [-0.3, -0.25) is 9.48 Å². The maximum Gasteiger partial charge on any atom is 0.312 e. The molecule has 0 fully saturated rings. The topological polar surface area (TPSA) is 55.1 Å². The lowest BCUT2D eigenvalue weighted by Crippen LogP contribution is -2.19. The first-order valence-corrected chi connectivity index (χ1v) is 6.85. The fourth-order valence-electron chi connectivity index (χ4n) is 2.61. The van der Waals surface area contributed by atoms with Gasteiger partial charge in [0.2, 0.25) is 0 Å². The first kappa shape index (κ1) is 14.3. The summed E-state index contributed by atoms with van der Waals surface area (Å²) in [6, 6.07) is 9.32. The van der Waals surface area contributed by atoms with Crippen molar-refractivity contribution in [1.82, 2.24) is 9.78 Å². The molecule has 0 aliphatic rings. The van der Waals surface area contributed by atoms with Crippen molar-refractivity contribution in [2.75, 3.05) is 0 Å². The van der Waals surface area contributed by atoms with Crippen molar-refractivity contribution in [2.24, 2.45) is 0 Å². The molecule has 4 nitrogen and oxygen atoms in total. The van der Waals surface area contributed by atoms with E-state index < -0.39 is 11.9 Å². The predicted octanol–water partition coefficient (Wildman–Crippen LogP) is 2.93. The van der Waals surface area contributed by atoms with E-state index in [1.54, 1.807) is 0 Å². The number of carboxylic acid groups (broad SMARTS) is 1. The highest BCUT2D eigenvalue weighted by Crippen LogP contribution is 2.21. The van der Waals surface area contributed by atoms with Crippen LogP contribution in [0.2, 0.25) is 0 Å². The molecule has 2 rings (SSSR count). The number of carboxylic acids is 1. The lowest BCUT2D eigenvalue weighted by Gasteiger charge is -2.14. The SMILES string of the molecule is CCc1c(C)nn(CC(C(=O)O)c2ccccc2)c1C. The third-order valence-electron chi connectivity index (χ3n) is 3.74. The number of aromatic nitrogens is 2. The molecule has 20 heavy (non-hydrogen) atoms. The molecular formula is C16H20N2O2. The lowest BCUT2D eigenvalue weighted by molar-refractivity contribution is -0.139. The zero-order chi connectivity index (χ0) is 14.7. The molecule has 4 heteroatoms. The van der Waals surface area contributed by atoms with Gasteiger partial charge in [-0.25, -0.2) is 0 Å². The average Bonchev–Trinajstić information content (AvgIpc) is 2.70. The minimum absolute atomic E-state index is 0.367. The summed E-state index contributed by atoms with van der Waals surface area (Å²) < 4.78 is 1.82. The van der Waals surface area contributed by atoms with Crippen LogP contribution in [0.4, 0.5) is 0 Å². The molecule has 1 aromatic carbocycles. The van der Waals surface area contributed by atoms with Crippen molar-refractivity contribution in [3.05, 3.63) is 52.8 Å². The van der Waals surface area contributed by atoms with Crippen LogP contribution in [0.15, 0.2) is 30.3 Å². The van der Waals surface area contributed by atoms with E-state index in [-0.39, 0.29) is 0 Å². The number of rotatable bonds is 5. The molecule has 1 unspecified atom stereocenters. The molecule has 0 radical (unpaired) electrons. The summed E-state index contributed by atoms with van der Waals surface area (Å²) in [7, 11) is 0. The molecular weight excluding hydrogens is 252 g/mol. The normalized spacial score (nSPS) is 12.3. The van der Waals surface area contributed by atoms with E-state index in [1.165, 1.54) is 5.56 Å². The minimum atomic E-state index is -0.818. The Balaban J connectivity index is 2.33. The van der Waals surface area contributed by atoms with Gasteiger partial charge in [0.05, 0.1) is 12.2 Å². The summed E-state index contributed by atoms with van der Waals surface area (Å²) in [6.07, 6.45) is 0.917. The number of hydrogen-bond donors (Lipinski definition) is 1. The number of nitrogens with zero attached hydrogens (tertiary/aromatic N) is 2. The van der Waals surface area contributed by atoms with Gasteiger partial charge in [-0.05, 0) is 31.4 Å². The van der Waals surface area contributed by atoms with Gasteiger partial charge in [-0.1, -0.05) is 37.3 Å². The largest absolute Gasteiger partial charge is 0.481 e. The van der Waals surface area contributed by atoms with Gasteiger partial charge in [-0.15, -0.1) is 0 Å². The van der Waals surface area contributed by atoms with Gasteiger partial charge in [0.15, 0.2) is 0 Å². The zero-order valence-electron chi connectivity index (χ0n) is 12.1. The van der Waals surface area contributed by atoms with Crippen LogP contribution in [0.3, 0.4) is 0 Å². The second-order valence-electron chi connectivity index (χ2n) is 4.99. The molecule has 0 saturated heterocycles. The van der Waals surface area contributed by atoms with Crippen LogP contribution in [0, 0.1) is 13.8 Å². The Bertz CT molecular complexity index is 602. The molecule has 1 aromatic heterocycles. The van der Waals surface area contributed by atoms with Crippen molar-refractivity contribution in [3.63, 3.8) is 0 Å².